The molecule has 0 radical (unpaired) electrons. The van der Waals surface area contributed by atoms with E-state index in [1.54, 1.807) is 14.2 Å². The number of ether oxygens (including phenoxy) is 2. The molecule has 6 heteroatoms. The van der Waals surface area contributed by atoms with Crippen LogP contribution in [0.3, 0.4) is 0 Å². The SMILES string of the molecule is COc1ccc(CC(Br)c2cc(Cl)sc2Cl)cc1OC. The second kappa shape index (κ2) is 7.03. The first-order valence-corrected chi connectivity index (χ1v) is 8.33. The number of alkyl halides is 1. The van der Waals surface area contributed by atoms with Crippen molar-refractivity contribution in [2.75, 3.05) is 14.2 Å². The third kappa shape index (κ3) is 3.61. The fourth-order valence-corrected chi connectivity index (χ4v) is 4.49. The van der Waals surface area contributed by atoms with E-state index in [2.05, 4.69) is 15.9 Å². The molecule has 2 aromatic rings. The van der Waals surface area contributed by atoms with Gasteiger partial charge in [0.2, 0.25) is 0 Å². The zero-order valence-electron chi connectivity index (χ0n) is 11.0. The summed E-state index contributed by atoms with van der Waals surface area (Å²) in [6, 6.07) is 7.78. The Morgan fingerprint density at radius 3 is 2.40 bits per heavy atom. The van der Waals surface area contributed by atoms with Crippen LogP contribution in [0.25, 0.3) is 0 Å². The van der Waals surface area contributed by atoms with Gasteiger partial charge in [0, 0.05) is 4.83 Å². The van der Waals surface area contributed by atoms with Crippen LogP contribution in [0.15, 0.2) is 24.3 Å². The van der Waals surface area contributed by atoms with Crippen LogP contribution in [-0.4, -0.2) is 14.2 Å². The Balaban J connectivity index is 2.19. The van der Waals surface area contributed by atoms with Crippen molar-refractivity contribution >= 4 is 50.5 Å². The van der Waals surface area contributed by atoms with E-state index in [1.807, 2.05) is 24.3 Å². The number of benzene rings is 1. The fourth-order valence-electron chi connectivity index (χ4n) is 1.89. The lowest BCUT2D eigenvalue weighted by Gasteiger charge is -2.12. The molecule has 20 heavy (non-hydrogen) atoms. The van der Waals surface area contributed by atoms with E-state index < -0.39 is 0 Å². The molecule has 1 atom stereocenters. The molecule has 0 fully saturated rings. The van der Waals surface area contributed by atoms with Crippen molar-refractivity contribution in [2.45, 2.75) is 11.2 Å². The van der Waals surface area contributed by atoms with Crippen LogP contribution in [0.5, 0.6) is 11.5 Å². The molecule has 0 saturated heterocycles. The molecule has 0 bridgehead atoms. The number of hydrogen-bond donors (Lipinski definition) is 0. The second-order valence-corrected chi connectivity index (χ2v) is 7.53. The maximum Gasteiger partial charge on any atom is 0.160 e. The van der Waals surface area contributed by atoms with E-state index in [-0.39, 0.29) is 4.83 Å². The molecule has 2 nitrogen and oxygen atoms in total. The highest BCUT2D eigenvalue weighted by atomic mass is 79.9. The van der Waals surface area contributed by atoms with Crippen molar-refractivity contribution < 1.29 is 9.47 Å². The lowest BCUT2D eigenvalue weighted by molar-refractivity contribution is 0.354. The zero-order valence-corrected chi connectivity index (χ0v) is 14.9. The van der Waals surface area contributed by atoms with Gasteiger partial charge in [-0.25, -0.2) is 0 Å². The number of halogens is 3. The first-order chi connectivity index (χ1) is 9.55. The largest absolute Gasteiger partial charge is 0.493 e. The first-order valence-electron chi connectivity index (χ1n) is 5.85. The van der Waals surface area contributed by atoms with Gasteiger partial charge in [0.25, 0.3) is 0 Å². The van der Waals surface area contributed by atoms with E-state index in [0.717, 1.165) is 33.4 Å². The smallest absolute Gasteiger partial charge is 0.160 e. The number of rotatable bonds is 5. The van der Waals surface area contributed by atoms with Gasteiger partial charge in [-0.2, -0.15) is 0 Å². The monoisotopic (exact) mass is 394 g/mol. The molecule has 0 aliphatic heterocycles. The normalized spacial score (nSPS) is 12.2. The summed E-state index contributed by atoms with van der Waals surface area (Å²) >= 11 is 17.2. The van der Waals surface area contributed by atoms with Crippen molar-refractivity contribution in [3.63, 3.8) is 0 Å². The van der Waals surface area contributed by atoms with Gasteiger partial charge in [-0.05, 0) is 35.7 Å². The Kier molecular flexibility index (Phi) is 5.61. The molecule has 0 aliphatic carbocycles. The fraction of sp³-hybridized carbons (Fsp3) is 0.286. The Bertz CT molecular complexity index is 601. The summed E-state index contributed by atoms with van der Waals surface area (Å²) < 4.78 is 12.0. The third-order valence-corrected chi connectivity index (χ3v) is 5.22. The topological polar surface area (TPSA) is 18.5 Å². The van der Waals surface area contributed by atoms with Crippen LogP contribution in [0.4, 0.5) is 0 Å². The quantitative estimate of drug-likeness (QED) is 0.600. The van der Waals surface area contributed by atoms with Crippen molar-refractivity contribution in [1.82, 2.24) is 0 Å². The highest BCUT2D eigenvalue weighted by molar-refractivity contribution is 9.09. The highest BCUT2D eigenvalue weighted by Crippen LogP contribution is 2.40. The summed E-state index contributed by atoms with van der Waals surface area (Å²) in [5, 5.41) is 0. The minimum atomic E-state index is 0.108. The molecule has 0 aliphatic rings. The van der Waals surface area contributed by atoms with Crippen molar-refractivity contribution in [2.24, 2.45) is 0 Å². The lowest BCUT2D eigenvalue weighted by atomic mass is 10.1. The molecule has 1 aromatic carbocycles. The van der Waals surface area contributed by atoms with Crippen molar-refractivity contribution in [3.05, 3.63) is 44.1 Å². The van der Waals surface area contributed by atoms with Gasteiger partial charge in [0.05, 0.1) is 22.9 Å². The lowest BCUT2D eigenvalue weighted by Crippen LogP contribution is -1.97. The Morgan fingerprint density at radius 2 is 1.85 bits per heavy atom. The highest BCUT2D eigenvalue weighted by Gasteiger charge is 2.16. The van der Waals surface area contributed by atoms with Crippen LogP contribution in [0.2, 0.25) is 8.67 Å². The van der Waals surface area contributed by atoms with Crippen LogP contribution in [0, 0.1) is 0 Å². The van der Waals surface area contributed by atoms with E-state index >= 15 is 0 Å². The third-order valence-electron chi connectivity index (χ3n) is 2.88. The zero-order chi connectivity index (χ0) is 14.7. The average Bonchev–Trinajstić information content (AvgIpc) is 2.77. The standard InChI is InChI=1S/C14H13BrCl2O2S/c1-18-11-4-3-8(6-12(11)19-2)5-10(15)9-7-13(16)20-14(9)17/h3-4,6-7,10H,5H2,1-2H3. The van der Waals surface area contributed by atoms with Crippen LogP contribution in [0.1, 0.15) is 16.0 Å². The summed E-state index contributed by atoms with van der Waals surface area (Å²) in [4.78, 5) is 0.108. The van der Waals surface area contributed by atoms with E-state index in [1.165, 1.54) is 11.3 Å². The molecule has 2 rings (SSSR count). The second-order valence-electron chi connectivity index (χ2n) is 4.14. The summed E-state index contributed by atoms with van der Waals surface area (Å²) in [7, 11) is 3.25. The summed E-state index contributed by atoms with van der Waals surface area (Å²) in [5.74, 6) is 1.44. The van der Waals surface area contributed by atoms with Gasteiger partial charge in [0.15, 0.2) is 11.5 Å². The molecule has 0 spiro atoms. The van der Waals surface area contributed by atoms with Crippen LogP contribution >= 0.6 is 50.5 Å². The predicted molar refractivity (Wildman–Crippen MR) is 89.3 cm³/mol. The maximum absolute atomic E-state index is 6.17. The molecule has 1 unspecified atom stereocenters. The van der Waals surface area contributed by atoms with Gasteiger partial charge < -0.3 is 9.47 Å². The summed E-state index contributed by atoms with van der Waals surface area (Å²) in [6.45, 7) is 0. The minimum absolute atomic E-state index is 0.108. The van der Waals surface area contributed by atoms with Gasteiger partial charge in [-0.3, -0.25) is 0 Å². The molecule has 0 saturated carbocycles. The molecular weight excluding hydrogens is 383 g/mol. The molecule has 0 N–H and O–H groups in total. The van der Waals surface area contributed by atoms with Crippen molar-refractivity contribution in [1.29, 1.82) is 0 Å². The van der Waals surface area contributed by atoms with E-state index in [4.69, 9.17) is 32.7 Å². The van der Waals surface area contributed by atoms with Gasteiger partial charge in [-0.15, -0.1) is 11.3 Å². The van der Waals surface area contributed by atoms with E-state index in [9.17, 15) is 0 Å². The predicted octanol–water partition coefficient (Wildman–Crippen LogP) is 5.75. The van der Waals surface area contributed by atoms with Gasteiger partial charge >= 0.3 is 0 Å². The minimum Gasteiger partial charge on any atom is -0.493 e. The van der Waals surface area contributed by atoms with E-state index in [0.29, 0.717) is 4.34 Å². The van der Waals surface area contributed by atoms with Gasteiger partial charge in [-0.1, -0.05) is 45.2 Å². The maximum atomic E-state index is 6.17. The summed E-state index contributed by atoms with van der Waals surface area (Å²) in [5.41, 5.74) is 2.14. The van der Waals surface area contributed by atoms with Crippen LogP contribution < -0.4 is 9.47 Å². The average molecular weight is 396 g/mol. The number of thiophene rings is 1. The molecule has 108 valence electrons. The number of methoxy groups -OCH3 is 2. The summed E-state index contributed by atoms with van der Waals surface area (Å²) in [6.07, 6.45) is 0.785. The molecule has 1 aromatic heterocycles. The first kappa shape index (κ1) is 16.0. The number of hydrogen-bond acceptors (Lipinski definition) is 3. The van der Waals surface area contributed by atoms with Crippen molar-refractivity contribution in [3.8, 4) is 11.5 Å². The molecular formula is C14H13BrCl2O2S. The van der Waals surface area contributed by atoms with Crippen LogP contribution in [-0.2, 0) is 6.42 Å². The Labute approximate surface area is 140 Å². The molecule has 1 heterocycles. The molecule has 0 amide bonds. The Hall–Kier alpha value is -0.420. The Morgan fingerprint density at radius 1 is 1.15 bits per heavy atom. The van der Waals surface area contributed by atoms with Gasteiger partial charge in [0.1, 0.15) is 0 Å².